The molecule has 1 rings (SSSR count). The predicted octanol–water partition coefficient (Wildman–Crippen LogP) is 2.25. The number of anilines is 2. The van der Waals surface area contributed by atoms with Gasteiger partial charge in [0.2, 0.25) is 5.91 Å². The van der Waals surface area contributed by atoms with Crippen LogP contribution in [0, 0.1) is 5.41 Å². The summed E-state index contributed by atoms with van der Waals surface area (Å²) >= 11 is 0. The number of nitrogens with one attached hydrogen (secondary N) is 1. The highest BCUT2D eigenvalue weighted by molar-refractivity contribution is 5.94. The maximum absolute atomic E-state index is 11.6. The summed E-state index contributed by atoms with van der Waals surface area (Å²) in [6.07, 6.45) is 0. The van der Waals surface area contributed by atoms with E-state index in [2.05, 4.69) is 5.32 Å². The Bertz CT molecular complexity index is 339. The number of nitrogens with two attached hydrogens (primary N) is 1. The first kappa shape index (κ1) is 10.6. The highest BCUT2D eigenvalue weighted by atomic mass is 16.2. The van der Waals surface area contributed by atoms with Gasteiger partial charge in [-0.05, 0) is 18.2 Å². The Labute approximate surface area is 84.3 Å². The van der Waals surface area contributed by atoms with Crippen molar-refractivity contribution < 1.29 is 4.79 Å². The average Bonchev–Trinajstić information content (AvgIpc) is 2.02. The summed E-state index contributed by atoms with van der Waals surface area (Å²) in [6, 6.07) is 7.16. The van der Waals surface area contributed by atoms with Crippen LogP contribution in [0.5, 0.6) is 0 Å². The molecule has 0 aliphatic rings. The highest BCUT2D eigenvalue weighted by Gasteiger charge is 2.20. The summed E-state index contributed by atoms with van der Waals surface area (Å²) < 4.78 is 0. The van der Waals surface area contributed by atoms with Gasteiger partial charge in [-0.25, -0.2) is 0 Å². The Morgan fingerprint density at radius 1 is 1.36 bits per heavy atom. The Morgan fingerprint density at radius 2 is 2.00 bits per heavy atom. The van der Waals surface area contributed by atoms with E-state index in [1.165, 1.54) is 0 Å². The highest BCUT2D eigenvalue weighted by Crippen LogP contribution is 2.18. The van der Waals surface area contributed by atoms with Crippen LogP contribution in [0.1, 0.15) is 20.8 Å². The summed E-state index contributed by atoms with van der Waals surface area (Å²) in [6.45, 7) is 5.61. The van der Waals surface area contributed by atoms with E-state index in [1.807, 2.05) is 32.9 Å². The molecular formula is C11H16N2O. The molecule has 0 saturated heterocycles. The lowest BCUT2D eigenvalue weighted by Gasteiger charge is -2.17. The van der Waals surface area contributed by atoms with Crippen LogP contribution in [0.25, 0.3) is 0 Å². The second-order valence-electron chi connectivity index (χ2n) is 4.33. The van der Waals surface area contributed by atoms with Gasteiger partial charge in [-0.3, -0.25) is 4.79 Å². The topological polar surface area (TPSA) is 55.1 Å². The van der Waals surface area contributed by atoms with Crippen LogP contribution in [0.2, 0.25) is 0 Å². The van der Waals surface area contributed by atoms with Crippen molar-refractivity contribution in [3.05, 3.63) is 24.3 Å². The van der Waals surface area contributed by atoms with Gasteiger partial charge in [0, 0.05) is 16.8 Å². The van der Waals surface area contributed by atoms with E-state index >= 15 is 0 Å². The van der Waals surface area contributed by atoms with E-state index in [4.69, 9.17) is 5.73 Å². The molecule has 0 spiro atoms. The number of amides is 1. The molecule has 0 fully saturated rings. The van der Waals surface area contributed by atoms with Gasteiger partial charge in [-0.2, -0.15) is 0 Å². The van der Waals surface area contributed by atoms with E-state index in [0.717, 1.165) is 5.69 Å². The second kappa shape index (κ2) is 3.70. The molecule has 0 saturated carbocycles. The van der Waals surface area contributed by atoms with Crippen molar-refractivity contribution in [3.63, 3.8) is 0 Å². The van der Waals surface area contributed by atoms with Crippen LogP contribution in [-0.2, 0) is 4.79 Å². The van der Waals surface area contributed by atoms with Gasteiger partial charge in [0.15, 0.2) is 0 Å². The van der Waals surface area contributed by atoms with E-state index in [1.54, 1.807) is 12.1 Å². The zero-order valence-electron chi connectivity index (χ0n) is 8.79. The van der Waals surface area contributed by atoms with Crippen molar-refractivity contribution in [1.29, 1.82) is 0 Å². The molecule has 3 heteroatoms. The number of nitrogen functional groups attached to an aromatic ring is 1. The predicted molar refractivity (Wildman–Crippen MR) is 58.9 cm³/mol. The lowest BCUT2D eigenvalue weighted by Crippen LogP contribution is -2.27. The Balaban J connectivity index is 2.75. The largest absolute Gasteiger partial charge is 0.399 e. The number of rotatable bonds is 1. The zero-order chi connectivity index (χ0) is 10.8. The number of hydrogen-bond acceptors (Lipinski definition) is 2. The fourth-order valence-electron chi connectivity index (χ4n) is 0.935. The quantitative estimate of drug-likeness (QED) is 0.670. The fourth-order valence-corrected chi connectivity index (χ4v) is 0.935. The monoisotopic (exact) mass is 192 g/mol. The first-order chi connectivity index (χ1) is 6.39. The van der Waals surface area contributed by atoms with E-state index in [0.29, 0.717) is 5.69 Å². The molecule has 1 aromatic rings. The summed E-state index contributed by atoms with van der Waals surface area (Å²) in [7, 11) is 0. The third kappa shape index (κ3) is 2.76. The fraction of sp³-hybridized carbons (Fsp3) is 0.364. The van der Waals surface area contributed by atoms with Gasteiger partial charge < -0.3 is 11.1 Å². The molecule has 0 heterocycles. The van der Waals surface area contributed by atoms with Crippen LogP contribution >= 0.6 is 0 Å². The van der Waals surface area contributed by atoms with Crippen LogP contribution in [0.4, 0.5) is 11.4 Å². The molecule has 1 aromatic carbocycles. The van der Waals surface area contributed by atoms with Crippen LogP contribution in [0.3, 0.4) is 0 Å². The molecule has 0 bridgehead atoms. The molecule has 14 heavy (non-hydrogen) atoms. The second-order valence-corrected chi connectivity index (χ2v) is 4.33. The van der Waals surface area contributed by atoms with Gasteiger partial charge >= 0.3 is 0 Å². The van der Waals surface area contributed by atoms with Crippen molar-refractivity contribution >= 4 is 17.3 Å². The molecule has 0 unspecified atom stereocenters. The van der Waals surface area contributed by atoms with Crippen molar-refractivity contribution in [2.24, 2.45) is 5.41 Å². The van der Waals surface area contributed by atoms with E-state index < -0.39 is 0 Å². The SMILES string of the molecule is CC(C)(C)C(=O)Nc1cccc(N)c1. The van der Waals surface area contributed by atoms with Gasteiger partial charge in [-0.1, -0.05) is 26.8 Å². The van der Waals surface area contributed by atoms with Gasteiger partial charge in [0.05, 0.1) is 0 Å². The standard InChI is InChI=1S/C11H16N2O/c1-11(2,3)10(14)13-9-6-4-5-8(12)7-9/h4-7H,12H2,1-3H3,(H,13,14). The molecule has 0 atom stereocenters. The minimum absolute atomic E-state index is 0.0110. The molecule has 3 N–H and O–H groups in total. The molecule has 1 amide bonds. The van der Waals surface area contributed by atoms with E-state index in [9.17, 15) is 4.79 Å². The first-order valence-electron chi connectivity index (χ1n) is 4.56. The Hall–Kier alpha value is -1.51. The summed E-state index contributed by atoms with van der Waals surface area (Å²) in [5, 5.41) is 2.80. The number of carbonyl (C=O) groups excluding carboxylic acids is 1. The third-order valence-corrected chi connectivity index (χ3v) is 1.83. The Kier molecular flexibility index (Phi) is 2.79. The summed E-state index contributed by atoms with van der Waals surface area (Å²) in [5.41, 5.74) is 6.60. The third-order valence-electron chi connectivity index (χ3n) is 1.83. The summed E-state index contributed by atoms with van der Waals surface area (Å²) in [4.78, 5) is 11.6. The molecule has 0 radical (unpaired) electrons. The molecule has 0 aliphatic heterocycles. The lowest BCUT2D eigenvalue weighted by molar-refractivity contribution is -0.123. The van der Waals surface area contributed by atoms with Gasteiger partial charge in [-0.15, -0.1) is 0 Å². The number of hydrogen-bond donors (Lipinski definition) is 2. The molecule has 76 valence electrons. The van der Waals surface area contributed by atoms with Crippen LogP contribution < -0.4 is 11.1 Å². The van der Waals surface area contributed by atoms with Crippen molar-refractivity contribution in [3.8, 4) is 0 Å². The average molecular weight is 192 g/mol. The smallest absolute Gasteiger partial charge is 0.229 e. The summed E-state index contributed by atoms with van der Waals surface area (Å²) in [5.74, 6) is -0.0110. The van der Waals surface area contributed by atoms with Crippen LogP contribution in [0.15, 0.2) is 24.3 Å². The molecule has 3 nitrogen and oxygen atoms in total. The van der Waals surface area contributed by atoms with Gasteiger partial charge in [0.1, 0.15) is 0 Å². The molecular weight excluding hydrogens is 176 g/mol. The zero-order valence-corrected chi connectivity index (χ0v) is 8.79. The van der Waals surface area contributed by atoms with Crippen molar-refractivity contribution in [2.45, 2.75) is 20.8 Å². The number of carbonyl (C=O) groups is 1. The molecule has 0 aromatic heterocycles. The minimum Gasteiger partial charge on any atom is -0.399 e. The van der Waals surface area contributed by atoms with Crippen molar-refractivity contribution in [2.75, 3.05) is 11.1 Å². The van der Waals surface area contributed by atoms with Gasteiger partial charge in [0.25, 0.3) is 0 Å². The first-order valence-corrected chi connectivity index (χ1v) is 4.56. The maximum Gasteiger partial charge on any atom is 0.229 e. The maximum atomic E-state index is 11.6. The Morgan fingerprint density at radius 3 is 2.50 bits per heavy atom. The molecule has 0 aliphatic carbocycles. The van der Waals surface area contributed by atoms with Crippen molar-refractivity contribution in [1.82, 2.24) is 0 Å². The van der Waals surface area contributed by atoms with E-state index in [-0.39, 0.29) is 11.3 Å². The minimum atomic E-state index is -0.384. The number of benzene rings is 1. The van der Waals surface area contributed by atoms with Crippen LogP contribution in [-0.4, -0.2) is 5.91 Å². The lowest BCUT2D eigenvalue weighted by atomic mass is 9.95. The normalized spacial score (nSPS) is 11.1.